The number of hydrogen-bond donors (Lipinski definition) is 1. The third-order valence-electron chi connectivity index (χ3n) is 2.26. The topological polar surface area (TPSA) is 53.1 Å². The SMILES string of the molecule is COc1ccc(Cl)cc1-n1cnc(CN)c1. The maximum absolute atomic E-state index is 5.95. The molecule has 0 atom stereocenters. The summed E-state index contributed by atoms with van der Waals surface area (Å²) in [6, 6.07) is 5.42. The molecule has 84 valence electrons. The van der Waals surface area contributed by atoms with E-state index in [2.05, 4.69) is 4.98 Å². The van der Waals surface area contributed by atoms with Gasteiger partial charge in [0.1, 0.15) is 5.75 Å². The molecule has 5 heteroatoms. The van der Waals surface area contributed by atoms with Crippen molar-refractivity contribution >= 4 is 11.6 Å². The number of rotatable bonds is 3. The number of ether oxygens (including phenoxy) is 1. The molecule has 0 aliphatic rings. The normalized spacial score (nSPS) is 10.4. The molecular weight excluding hydrogens is 226 g/mol. The molecular formula is C11H12ClN3O. The summed E-state index contributed by atoms with van der Waals surface area (Å²) in [7, 11) is 1.62. The van der Waals surface area contributed by atoms with Gasteiger partial charge in [-0.3, -0.25) is 0 Å². The number of nitrogens with two attached hydrogens (primary N) is 1. The highest BCUT2D eigenvalue weighted by molar-refractivity contribution is 6.30. The predicted molar refractivity (Wildman–Crippen MR) is 63.0 cm³/mol. The third kappa shape index (κ3) is 2.03. The molecule has 2 N–H and O–H groups in total. The van der Waals surface area contributed by atoms with Gasteiger partial charge in [0.05, 0.1) is 24.8 Å². The molecule has 1 aromatic heterocycles. The maximum Gasteiger partial charge on any atom is 0.142 e. The first-order valence-corrected chi connectivity index (χ1v) is 5.19. The predicted octanol–water partition coefficient (Wildman–Crippen LogP) is 1.99. The molecule has 0 spiro atoms. The molecule has 2 aromatic rings. The van der Waals surface area contributed by atoms with Crippen molar-refractivity contribution in [3.05, 3.63) is 41.4 Å². The lowest BCUT2D eigenvalue weighted by Gasteiger charge is -2.08. The van der Waals surface area contributed by atoms with Crippen molar-refractivity contribution in [2.75, 3.05) is 7.11 Å². The summed E-state index contributed by atoms with van der Waals surface area (Å²) >= 11 is 5.95. The minimum absolute atomic E-state index is 0.413. The summed E-state index contributed by atoms with van der Waals surface area (Å²) < 4.78 is 7.10. The van der Waals surface area contributed by atoms with Crippen LogP contribution in [0.4, 0.5) is 0 Å². The summed E-state index contributed by atoms with van der Waals surface area (Å²) in [4.78, 5) is 4.16. The molecule has 4 nitrogen and oxygen atoms in total. The third-order valence-corrected chi connectivity index (χ3v) is 2.50. The van der Waals surface area contributed by atoms with Crippen molar-refractivity contribution < 1.29 is 4.74 Å². The average Bonchev–Trinajstić information content (AvgIpc) is 2.77. The molecule has 0 saturated heterocycles. The van der Waals surface area contributed by atoms with Gasteiger partial charge < -0.3 is 15.0 Å². The van der Waals surface area contributed by atoms with Gasteiger partial charge in [-0.2, -0.15) is 0 Å². The van der Waals surface area contributed by atoms with Gasteiger partial charge in [-0.1, -0.05) is 11.6 Å². The van der Waals surface area contributed by atoms with Crippen LogP contribution in [0.5, 0.6) is 5.75 Å². The molecule has 0 fully saturated rings. The lowest BCUT2D eigenvalue weighted by molar-refractivity contribution is 0.413. The Morgan fingerprint density at radius 2 is 2.31 bits per heavy atom. The molecule has 2 rings (SSSR count). The number of imidazole rings is 1. The van der Waals surface area contributed by atoms with E-state index in [1.807, 2.05) is 22.9 Å². The van der Waals surface area contributed by atoms with Gasteiger partial charge in [0, 0.05) is 17.8 Å². The van der Waals surface area contributed by atoms with Gasteiger partial charge in [0.25, 0.3) is 0 Å². The van der Waals surface area contributed by atoms with E-state index in [1.54, 1.807) is 19.5 Å². The van der Waals surface area contributed by atoms with E-state index in [0.29, 0.717) is 11.6 Å². The van der Waals surface area contributed by atoms with Crippen LogP contribution < -0.4 is 10.5 Å². The lowest BCUT2D eigenvalue weighted by Crippen LogP contribution is -1.97. The molecule has 0 saturated carbocycles. The Bertz CT molecular complexity index is 496. The Morgan fingerprint density at radius 1 is 1.50 bits per heavy atom. The molecule has 1 heterocycles. The Kier molecular flexibility index (Phi) is 3.12. The number of halogens is 1. The molecule has 1 aromatic carbocycles. The molecule has 0 aliphatic heterocycles. The Morgan fingerprint density at radius 3 is 2.94 bits per heavy atom. The highest BCUT2D eigenvalue weighted by atomic mass is 35.5. The fraction of sp³-hybridized carbons (Fsp3) is 0.182. The van der Waals surface area contributed by atoms with Crippen molar-refractivity contribution in [1.82, 2.24) is 9.55 Å². The highest BCUT2D eigenvalue weighted by Crippen LogP contribution is 2.26. The van der Waals surface area contributed by atoms with Crippen LogP contribution >= 0.6 is 11.6 Å². The van der Waals surface area contributed by atoms with Crippen molar-refractivity contribution in [3.8, 4) is 11.4 Å². The summed E-state index contributed by atoms with van der Waals surface area (Å²) in [5.74, 6) is 0.741. The van der Waals surface area contributed by atoms with Crippen LogP contribution in [0.1, 0.15) is 5.69 Å². The van der Waals surface area contributed by atoms with E-state index in [1.165, 1.54) is 0 Å². The zero-order valence-corrected chi connectivity index (χ0v) is 9.61. The van der Waals surface area contributed by atoms with E-state index in [9.17, 15) is 0 Å². The van der Waals surface area contributed by atoms with Gasteiger partial charge >= 0.3 is 0 Å². The minimum Gasteiger partial charge on any atom is -0.495 e. The highest BCUT2D eigenvalue weighted by Gasteiger charge is 2.06. The minimum atomic E-state index is 0.413. The standard InChI is InChI=1S/C11H12ClN3O/c1-16-11-3-2-8(12)4-10(11)15-6-9(5-13)14-7-15/h2-4,6-7H,5,13H2,1H3. The second-order valence-corrected chi connectivity index (χ2v) is 3.73. The first-order valence-electron chi connectivity index (χ1n) is 4.81. The van der Waals surface area contributed by atoms with E-state index in [-0.39, 0.29) is 0 Å². The van der Waals surface area contributed by atoms with Crippen LogP contribution in [0.2, 0.25) is 5.02 Å². The fourth-order valence-electron chi connectivity index (χ4n) is 1.47. The zero-order chi connectivity index (χ0) is 11.5. The van der Waals surface area contributed by atoms with Gasteiger partial charge in [0.15, 0.2) is 0 Å². The van der Waals surface area contributed by atoms with Crippen molar-refractivity contribution in [2.45, 2.75) is 6.54 Å². The van der Waals surface area contributed by atoms with Crippen molar-refractivity contribution in [1.29, 1.82) is 0 Å². The molecule has 16 heavy (non-hydrogen) atoms. The first kappa shape index (κ1) is 11.0. The van der Waals surface area contributed by atoms with Crippen molar-refractivity contribution in [2.24, 2.45) is 5.73 Å². The van der Waals surface area contributed by atoms with Crippen LogP contribution in [0.3, 0.4) is 0 Å². The lowest BCUT2D eigenvalue weighted by atomic mass is 10.3. The summed E-state index contributed by atoms with van der Waals surface area (Å²) in [5.41, 5.74) is 7.18. The van der Waals surface area contributed by atoms with E-state index in [0.717, 1.165) is 17.1 Å². The zero-order valence-electron chi connectivity index (χ0n) is 8.85. The summed E-state index contributed by atoms with van der Waals surface area (Å²) in [6.07, 6.45) is 3.55. The molecule has 0 aliphatic carbocycles. The summed E-state index contributed by atoms with van der Waals surface area (Å²) in [6.45, 7) is 0.413. The Balaban J connectivity index is 2.49. The molecule has 0 amide bonds. The van der Waals surface area contributed by atoms with Crippen LogP contribution in [0.25, 0.3) is 5.69 Å². The average molecular weight is 238 g/mol. The van der Waals surface area contributed by atoms with E-state index >= 15 is 0 Å². The molecule has 0 bridgehead atoms. The number of nitrogens with zero attached hydrogens (tertiary/aromatic N) is 2. The Labute approximate surface area is 98.6 Å². The van der Waals surface area contributed by atoms with E-state index < -0.39 is 0 Å². The number of aromatic nitrogens is 2. The number of hydrogen-bond acceptors (Lipinski definition) is 3. The smallest absolute Gasteiger partial charge is 0.142 e. The van der Waals surface area contributed by atoms with Gasteiger partial charge in [0.2, 0.25) is 0 Å². The molecule has 0 unspecified atom stereocenters. The largest absolute Gasteiger partial charge is 0.495 e. The maximum atomic E-state index is 5.95. The van der Waals surface area contributed by atoms with Crippen molar-refractivity contribution in [3.63, 3.8) is 0 Å². The fourth-order valence-corrected chi connectivity index (χ4v) is 1.63. The van der Waals surface area contributed by atoms with Gasteiger partial charge in [-0.25, -0.2) is 4.98 Å². The van der Waals surface area contributed by atoms with Crippen LogP contribution in [0.15, 0.2) is 30.7 Å². The number of methoxy groups -OCH3 is 1. The second-order valence-electron chi connectivity index (χ2n) is 3.29. The van der Waals surface area contributed by atoms with Gasteiger partial charge in [-0.05, 0) is 18.2 Å². The van der Waals surface area contributed by atoms with Crippen LogP contribution in [0, 0.1) is 0 Å². The van der Waals surface area contributed by atoms with Crippen LogP contribution in [-0.4, -0.2) is 16.7 Å². The van der Waals surface area contributed by atoms with Gasteiger partial charge in [-0.15, -0.1) is 0 Å². The van der Waals surface area contributed by atoms with E-state index in [4.69, 9.17) is 22.1 Å². The monoisotopic (exact) mass is 237 g/mol. The molecule has 0 radical (unpaired) electrons. The quantitative estimate of drug-likeness (QED) is 0.888. The second kappa shape index (κ2) is 4.55. The van der Waals surface area contributed by atoms with Crippen LogP contribution in [-0.2, 0) is 6.54 Å². The first-order chi connectivity index (χ1) is 7.74. The Hall–Kier alpha value is -1.52. The summed E-state index contributed by atoms with van der Waals surface area (Å²) in [5, 5.41) is 0.652. The number of benzene rings is 1.